The highest BCUT2D eigenvalue weighted by atomic mass is 15.1. The average molecular weight is 158 g/mol. The summed E-state index contributed by atoms with van der Waals surface area (Å²) in [5, 5.41) is 6.62. The maximum atomic E-state index is 3.34. The number of hydrogen-bond acceptors (Lipinski definition) is 2. The van der Waals surface area contributed by atoms with Gasteiger partial charge in [-0.25, -0.2) is 0 Å². The molecule has 0 saturated heterocycles. The lowest BCUT2D eigenvalue weighted by molar-refractivity contribution is 1.30. The Morgan fingerprint density at radius 2 is 2.17 bits per heavy atom. The molecule has 60 valence electrons. The first kappa shape index (κ1) is 6.12. The number of fused-ring (bicyclic) bond motifs is 3. The molecule has 0 aromatic heterocycles. The van der Waals surface area contributed by atoms with Gasteiger partial charge >= 0.3 is 0 Å². The molecule has 1 aromatic carbocycles. The SMILES string of the molecule is C1=Cc2c(ccc3c2NCN3)C1. The molecule has 1 aliphatic carbocycles. The van der Waals surface area contributed by atoms with Gasteiger partial charge in [0.05, 0.1) is 18.0 Å². The first-order valence-electron chi connectivity index (χ1n) is 4.25. The second-order valence-electron chi connectivity index (χ2n) is 3.20. The van der Waals surface area contributed by atoms with Gasteiger partial charge in [-0.3, -0.25) is 0 Å². The zero-order chi connectivity index (χ0) is 7.97. The molecule has 0 spiro atoms. The van der Waals surface area contributed by atoms with E-state index in [9.17, 15) is 0 Å². The lowest BCUT2D eigenvalue weighted by Gasteiger charge is -2.04. The molecule has 1 aromatic rings. The lowest BCUT2D eigenvalue weighted by atomic mass is 10.1. The fourth-order valence-corrected chi connectivity index (χ4v) is 1.90. The average Bonchev–Trinajstić information content (AvgIpc) is 2.71. The summed E-state index contributed by atoms with van der Waals surface area (Å²) in [6.07, 6.45) is 5.50. The van der Waals surface area contributed by atoms with Gasteiger partial charge in [0.15, 0.2) is 0 Å². The van der Waals surface area contributed by atoms with Gasteiger partial charge in [-0.15, -0.1) is 0 Å². The summed E-state index contributed by atoms with van der Waals surface area (Å²) in [4.78, 5) is 0. The van der Waals surface area contributed by atoms with Gasteiger partial charge in [0.1, 0.15) is 0 Å². The minimum Gasteiger partial charge on any atom is -0.366 e. The fourth-order valence-electron chi connectivity index (χ4n) is 1.90. The predicted molar refractivity (Wildman–Crippen MR) is 51.3 cm³/mol. The largest absolute Gasteiger partial charge is 0.366 e. The minimum atomic E-state index is 0.861. The Balaban J connectivity index is 2.30. The maximum absolute atomic E-state index is 3.34. The molecule has 0 saturated carbocycles. The van der Waals surface area contributed by atoms with E-state index in [2.05, 4.69) is 34.9 Å². The molecule has 0 unspecified atom stereocenters. The standard InChI is InChI=1S/C10H10N2/c1-2-7-4-5-9-10(8(7)3-1)12-6-11-9/h1,3-5,11-12H,2,6H2. The summed E-state index contributed by atoms with van der Waals surface area (Å²) >= 11 is 0. The summed E-state index contributed by atoms with van der Waals surface area (Å²) in [5.41, 5.74) is 5.32. The molecule has 0 bridgehead atoms. The number of rotatable bonds is 0. The van der Waals surface area contributed by atoms with Gasteiger partial charge in [0.25, 0.3) is 0 Å². The highest BCUT2D eigenvalue weighted by Crippen LogP contribution is 2.36. The summed E-state index contributed by atoms with van der Waals surface area (Å²) in [5.74, 6) is 0. The van der Waals surface area contributed by atoms with Crippen molar-refractivity contribution >= 4 is 17.5 Å². The van der Waals surface area contributed by atoms with Gasteiger partial charge in [-0.05, 0) is 18.1 Å². The number of hydrogen-bond donors (Lipinski definition) is 2. The van der Waals surface area contributed by atoms with Crippen LogP contribution in [0.2, 0.25) is 0 Å². The first-order valence-corrected chi connectivity index (χ1v) is 4.25. The normalized spacial score (nSPS) is 16.7. The topological polar surface area (TPSA) is 24.1 Å². The van der Waals surface area contributed by atoms with Crippen molar-refractivity contribution in [1.29, 1.82) is 0 Å². The van der Waals surface area contributed by atoms with E-state index in [4.69, 9.17) is 0 Å². The smallest absolute Gasteiger partial charge is 0.0851 e. The maximum Gasteiger partial charge on any atom is 0.0851 e. The van der Waals surface area contributed by atoms with Crippen LogP contribution in [0.4, 0.5) is 11.4 Å². The van der Waals surface area contributed by atoms with Crippen LogP contribution < -0.4 is 10.6 Å². The van der Waals surface area contributed by atoms with Gasteiger partial charge in [0, 0.05) is 5.56 Å². The molecule has 2 heteroatoms. The van der Waals surface area contributed by atoms with Crippen molar-refractivity contribution in [3.63, 3.8) is 0 Å². The van der Waals surface area contributed by atoms with Crippen molar-refractivity contribution in [2.24, 2.45) is 0 Å². The molecule has 12 heavy (non-hydrogen) atoms. The van der Waals surface area contributed by atoms with Crippen molar-refractivity contribution in [1.82, 2.24) is 0 Å². The van der Waals surface area contributed by atoms with Crippen molar-refractivity contribution in [3.05, 3.63) is 29.3 Å². The van der Waals surface area contributed by atoms with Gasteiger partial charge in [-0.1, -0.05) is 18.2 Å². The Kier molecular flexibility index (Phi) is 1.04. The van der Waals surface area contributed by atoms with E-state index >= 15 is 0 Å². The molecule has 2 nitrogen and oxygen atoms in total. The van der Waals surface area contributed by atoms with Gasteiger partial charge < -0.3 is 10.6 Å². The Hall–Kier alpha value is -1.44. The van der Waals surface area contributed by atoms with Crippen LogP contribution >= 0.6 is 0 Å². The van der Waals surface area contributed by atoms with Crippen molar-refractivity contribution in [3.8, 4) is 0 Å². The molecular formula is C10H10N2. The summed E-state index contributed by atoms with van der Waals surface area (Å²) < 4.78 is 0. The Morgan fingerprint density at radius 1 is 1.17 bits per heavy atom. The first-order chi connectivity index (χ1) is 5.95. The third-order valence-corrected chi connectivity index (χ3v) is 2.50. The zero-order valence-corrected chi connectivity index (χ0v) is 6.72. The van der Waals surface area contributed by atoms with Crippen LogP contribution in [0, 0.1) is 0 Å². The van der Waals surface area contributed by atoms with Crippen molar-refractivity contribution in [2.45, 2.75) is 6.42 Å². The number of benzene rings is 1. The van der Waals surface area contributed by atoms with E-state index in [0.29, 0.717) is 0 Å². The van der Waals surface area contributed by atoms with Crippen LogP contribution in [-0.2, 0) is 6.42 Å². The lowest BCUT2D eigenvalue weighted by Crippen LogP contribution is -1.99. The van der Waals surface area contributed by atoms with Crippen molar-refractivity contribution < 1.29 is 0 Å². The molecule has 0 atom stereocenters. The van der Waals surface area contributed by atoms with E-state index in [1.807, 2.05) is 0 Å². The third-order valence-electron chi connectivity index (χ3n) is 2.50. The van der Waals surface area contributed by atoms with Gasteiger partial charge in [0.2, 0.25) is 0 Å². The van der Waals surface area contributed by atoms with Crippen LogP contribution in [-0.4, -0.2) is 6.67 Å². The van der Waals surface area contributed by atoms with E-state index in [1.54, 1.807) is 0 Å². The molecule has 2 aliphatic rings. The molecular weight excluding hydrogens is 148 g/mol. The zero-order valence-electron chi connectivity index (χ0n) is 6.72. The molecule has 0 fully saturated rings. The predicted octanol–water partition coefficient (Wildman–Crippen LogP) is 2.05. The van der Waals surface area contributed by atoms with Crippen molar-refractivity contribution in [2.75, 3.05) is 17.3 Å². The van der Waals surface area contributed by atoms with E-state index in [-0.39, 0.29) is 0 Å². The highest BCUT2D eigenvalue weighted by molar-refractivity contribution is 5.85. The second kappa shape index (κ2) is 2.03. The molecule has 2 N–H and O–H groups in total. The molecule has 0 radical (unpaired) electrons. The van der Waals surface area contributed by atoms with E-state index < -0.39 is 0 Å². The quantitative estimate of drug-likeness (QED) is 0.603. The van der Waals surface area contributed by atoms with Crippen LogP contribution in [0.25, 0.3) is 6.08 Å². The highest BCUT2D eigenvalue weighted by Gasteiger charge is 2.16. The summed E-state index contributed by atoms with van der Waals surface area (Å²) in [7, 11) is 0. The molecule has 3 rings (SSSR count). The van der Waals surface area contributed by atoms with Crippen LogP contribution in [0.3, 0.4) is 0 Å². The van der Waals surface area contributed by atoms with Crippen LogP contribution in [0.5, 0.6) is 0 Å². The number of anilines is 2. The fraction of sp³-hybridized carbons (Fsp3) is 0.200. The third kappa shape index (κ3) is 0.644. The summed E-state index contributed by atoms with van der Waals surface area (Å²) in [6, 6.07) is 4.36. The number of allylic oxidation sites excluding steroid dienone is 1. The minimum absolute atomic E-state index is 0.861. The molecule has 1 heterocycles. The van der Waals surface area contributed by atoms with Crippen LogP contribution in [0.15, 0.2) is 18.2 Å². The van der Waals surface area contributed by atoms with E-state index in [0.717, 1.165) is 13.1 Å². The Labute approximate surface area is 71.3 Å². The molecule has 0 amide bonds. The summed E-state index contributed by atoms with van der Waals surface area (Å²) in [6.45, 7) is 0.861. The molecule has 1 aliphatic heterocycles. The van der Waals surface area contributed by atoms with E-state index in [1.165, 1.54) is 22.5 Å². The van der Waals surface area contributed by atoms with Gasteiger partial charge in [-0.2, -0.15) is 0 Å². The Bertz CT molecular complexity index is 366. The van der Waals surface area contributed by atoms with Crippen LogP contribution in [0.1, 0.15) is 11.1 Å². The monoisotopic (exact) mass is 158 g/mol. The number of nitrogens with one attached hydrogen (secondary N) is 2. The Morgan fingerprint density at radius 3 is 3.17 bits per heavy atom. The second-order valence-corrected chi connectivity index (χ2v) is 3.20.